The number of aromatic amines is 1. The van der Waals surface area contributed by atoms with Crippen molar-refractivity contribution in [3.8, 4) is 0 Å². The molecule has 0 saturated carbocycles. The summed E-state index contributed by atoms with van der Waals surface area (Å²) in [6, 6.07) is 20.2. The summed E-state index contributed by atoms with van der Waals surface area (Å²) in [6.45, 7) is 4.49. The van der Waals surface area contributed by atoms with E-state index >= 15 is 0 Å². The van der Waals surface area contributed by atoms with Gasteiger partial charge >= 0.3 is 0 Å². The number of nitrogens with zero attached hydrogens (tertiary/aromatic N) is 1. The van der Waals surface area contributed by atoms with Gasteiger partial charge in [-0.05, 0) is 30.0 Å². The fourth-order valence-electron chi connectivity index (χ4n) is 4.29. The van der Waals surface area contributed by atoms with Gasteiger partial charge < -0.3 is 4.98 Å². The Kier molecular flexibility index (Phi) is 4.89. The van der Waals surface area contributed by atoms with E-state index in [0.29, 0.717) is 6.04 Å². The van der Waals surface area contributed by atoms with E-state index in [9.17, 15) is 0 Å². The largest absolute Gasteiger partial charge is 0.357 e. The second-order valence-electron chi connectivity index (χ2n) is 7.28. The van der Waals surface area contributed by atoms with Gasteiger partial charge in [-0.15, -0.1) is 0 Å². The molecule has 4 rings (SSSR count). The molecule has 0 bridgehead atoms. The Balaban J connectivity index is 1.65. The molecule has 2 heteroatoms. The number of hydrogen-bond acceptors (Lipinski definition) is 1. The third-order valence-electron chi connectivity index (χ3n) is 5.58. The maximum Gasteiger partial charge on any atom is 0.0505 e. The van der Waals surface area contributed by atoms with Crippen LogP contribution >= 0.6 is 0 Å². The number of unbranched alkanes of at least 4 members (excludes halogenated alkanes) is 2. The first-order valence-electron chi connectivity index (χ1n) is 9.74. The Morgan fingerprint density at radius 3 is 2.64 bits per heavy atom. The summed E-state index contributed by atoms with van der Waals surface area (Å²) >= 11 is 0. The van der Waals surface area contributed by atoms with Crippen LogP contribution in [0.15, 0.2) is 54.6 Å². The lowest BCUT2D eigenvalue weighted by molar-refractivity contribution is 0.161. The van der Waals surface area contributed by atoms with Gasteiger partial charge in [0.15, 0.2) is 0 Å². The highest BCUT2D eigenvalue weighted by Gasteiger charge is 2.29. The molecule has 1 atom stereocenters. The molecule has 1 aromatic heterocycles. The van der Waals surface area contributed by atoms with E-state index in [2.05, 4.69) is 71.4 Å². The molecule has 1 N–H and O–H groups in total. The van der Waals surface area contributed by atoms with Crippen molar-refractivity contribution in [2.75, 3.05) is 6.54 Å². The number of rotatable bonds is 6. The SMILES string of the molecule is CCCCC[C@H]1c2[nH]c3ccccc3c2CCN1Cc1ccccc1. The Hall–Kier alpha value is -2.06. The molecule has 2 heterocycles. The van der Waals surface area contributed by atoms with Gasteiger partial charge in [0.2, 0.25) is 0 Å². The monoisotopic (exact) mass is 332 g/mol. The van der Waals surface area contributed by atoms with Crippen LogP contribution in [0.2, 0.25) is 0 Å². The highest BCUT2D eigenvalue weighted by Crippen LogP contribution is 2.37. The predicted molar refractivity (Wildman–Crippen MR) is 106 cm³/mol. The van der Waals surface area contributed by atoms with Gasteiger partial charge in [-0.3, -0.25) is 4.90 Å². The summed E-state index contributed by atoms with van der Waals surface area (Å²) in [5.41, 5.74) is 5.75. The highest BCUT2D eigenvalue weighted by molar-refractivity contribution is 5.85. The standard InChI is InChI=1S/C23H28N2/c1-2-3-5-14-22-23-20(19-12-8-9-13-21(19)24-23)15-16-25(22)17-18-10-6-4-7-11-18/h4,6-13,22,24H,2-3,5,14-17H2,1H3/t22-/m0/s1. The number of hydrogen-bond donors (Lipinski definition) is 1. The molecule has 3 aromatic rings. The molecule has 0 unspecified atom stereocenters. The molecule has 0 spiro atoms. The molecular weight excluding hydrogens is 304 g/mol. The van der Waals surface area contributed by atoms with E-state index in [1.54, 1.807) is 5.56 Å². The van der Waals surface area contributed by atoms with Gasteiger partial charge in [-0.1, -0.05) is 74.7 Å². The predicted octanol–water partition coefficient (Wildman–Crippen LogP) is 5.85. The van der Waals surface area contributed by atoms with Crippen molar-refractivity contribution < 1.29 is 0 Å². The molecule has 130 valence electrons. The van der Waals surface area contributed by atoms with Gasteiger partial charge in [-0.25, -0.2) is 0 Å². The van der Waals surface area contributed by atoms with E-state index in [1.165, 1.54) is 47.8 Å². The molecule has 25 heavy (non-hydrogen) atoms. The highest BCUT2D eigenvalue weighted by atomic mass is 15.2. The van der Waals surface area contributed by atoms with E-state index in [0.717, 1.165) is 19.5 Å². The summed E-state index contributed by atoms with van der Waals surface area (Å²) < 4.78 is 0. The zero-order valence-corrected chi connectivity index (χ0v) is 15.2. The third-order valence-corrected chi connectivity index (χ3v) is 5.58. The Morgan fingerprint density at radius 1 is 1.00 bits per heavy atom. The lowest BCUT2D eigenvalue weighted by Crippen LogP contribution is -2.35. The van der Waals surface area contributed by atoms with Crippen LogP contribution in [-0.2, 0) is 13.0 Å². The first-order chi connectivity index (χ1) is 12.4. The Morgan fingerprint density at radius 2 is 1.80 bits per heavy atom. The molecule has 0 amide bonds. The van der Waals surface area contributed by atoms with Crippen LogP contribution in [-0.4, -0.2) is 16.4 Å². The van der Waals surface area contributed by atoms with Crippen LogP contribution in [0.3, 0.4) is 0 Å². The van der Waals surface area contributed by atoms with Gasteiger partial charge in [0.1, 0.15) is 0 Å². The summed E-state index contributed by atoms with van der Waals surface area (Å²) in [6.07, 6.45) is 6.31. The number of aromatic nitrogens is 1. The third kappa shape index (κ3) is 3.36. The van der Waals surface area contributed by atoms with E-state index in [4.69, 9.17) is 0 Å². The van der Waals surface area contributed by atoms with Crippen LogP contribution in [0.4, 0.5) is 0 Å². The van der Waals surface area contributed by atoms with Gasteiger partial charge in [0.25, 0.3) is 0 Å². The minimum absolute atomic E-state index is 0.517. The normalized spacial score (nSPS) is 17.7. The van der Waals surface area contributed by atoms with E-state index in [1.807, 2.05) is 0 Å². The van der Waals surface area contributed by atoms with E-state index in [-0.39, 0.29) is 0 Å². The van der Waals surface area contributed by atoms with E-state index < -0.39 is 0 Å². The first-order valence-corrected chi connectivity index (χ1v) is 9.74. The van der Waals surface area contributed by atoms with Crippen LogP contribution in [0.5, 0.6) is 0 Å². The molecule has 1 aliphatic heterocycles. The Bertz CT molecular complexity index is 818. The van der Waals surface area contributed by atoms with Crippen LogP contribution in [0.25, 0.3) is 10.9 Å². The first kappa shape index (κ1) is 16.4. The van der Waals surface area contributed by atoms with Gasteiger partial charge in [0.05, 0.1) is 6.04 Å². The summed E-state index contributed by atoms with van der Waals surface area (Å²) in [5, 5.41) is 1.43. The zero-order chi connectivity index (χ0) is 17.1. The maximum atomic E-state index is 3.77. The molecular formula is C23H28N2. The van der Waals surface area contributed by atoms with Gasteiger partial charge in [0, 0.05) is 29.7 Å². The fourth-order valence-corrected chi connectivity index (χ4v) is 4.29. The van der Waals surface area contributed by atoms with Crippen molar-refractivity contribution >= 4 is 10.9 Å². The molecule has 0 fully saturated rings. The second-order valence-corrected chi connectivity index (χ2v) is 7.28. The minimum Gasteiger partial charge on any atom is -0.357 e. The summed E-state index contributed by atoms with van der Waals surface area (Å²) in [5.74, 6) is 0. The molecule has 0 radical (unpaired) electrons. The maximum absolute atomic E-state index is 3.77. The lowest BCUT2D eigenvalue weighted by atomic mass is 9.93. The average molecular weight is 332 g/mol. The topological polar surface area (TPSA) is 19.0 Å². The van der Waals surface area contributed by atoms with Crippen molar-refractivity contribution in [3.05, 3.63) is 71.4 Å². The number of para-hydroxylation sites is 1. The quantitative estimate of drug-likeness (QED) is 0.561. The lowest BCUT2D eigenvalue weighted by Gasteiger charge is -2.36. The average Bonchev–Trinajstić information content (AvgIpc) is 3.03. The zero-order valence-electron chi connectivity index (χ0n) is 15.2. The van der Waals surface area contributed by atoms with Crippen LogP contribution in [0.1, 0.15) is 55.5 Å². The fraction of sp³-hybridized carbons (Fsp3) is 0.391. The smallest absolute Gasteiger partial charge is 0.0505 e. The number of H-pyrrole nitrogens is 1. The Labute approximate surface area is 150 Å². The number of fused-ring (bicyclic) bond motifs is 3. The summed E-state index contributed by atoms with van der Waals surface area (Å²) in [4.78, 5) is 6.45. The second kappa shape index (κ2) is 7.45. The van der Waals surface area contributed by atoms with Gasteiger partial charge in [-0.2, -0.15) is 0 Å². The van der Waals surface area contributed by atoms with Crippen molar-refractivity contribution in [1.29, 1.82) is 0 Å². The molecule has 0 aliphatic carbocycles. The van der Waals surface area contributed by atoms with Crippen molar-refractivity contribution in [2.45, 2.75) is 51.6 Å². The van der Waals surface area contributed by atoms with Crippen LogP contribution < -0.4 is 0 Å². The molecule has 0 saturated heterocycles. The van der Waals surface area contributed by atoms with Crippen molar-refractivity contribution in [1.82, 2.24) is 9.88 Å². The minimum atomic E-state index is 0.517. The summed E-state index contributed by atoms with van der Waals surface area (Å²) in [7, 11) is 0. The van der Waals surface area contributed by atoms with Crippen molar-refractivity contribution in [2.24, 2.45) is 0 Å². The molecule has 2 nitrogen and oxygen atoms in total. The number of nitrogens with one attached hydrogen (secondary N) is 1. The number of benzene rings is 2. The molecule has 2 aromatic carbocycles. The van der Waals surface area contributed by atoms with Crippen molar-refractivity contribution in [3.63, 3.8) is 0 Å². The van der Waals surface area contributed by atoms with Crippen LogP contribution in [0, 0.1) is 0 Å². The molecule has 1 aliphatic rings.